The van der Waals surface area contributed by atoms with E-state index in [0.717, 1.165) is 0 Å². The van der Waals surface area contributed by atoms with Crippen LogP contribution in [0.5, 0.6) is 5.75 Å². The first kappa shape index (κ1) is 13.2. The number of nitriles is 1. The van der Waals surface area contributed by atoms with Crippen molar-refractivity contribution in [3.05, 3.63) is 23.0 Å². The second-order valence-corrected chi connectivity index (χ2v) is 2.96. The molecule has 0 fully saturated rings. The highest BCUT2D eigenvalue weighted by Gasteiger charge is 2.34. The fourth-order valence-corrected chi connectivity index (χ4v) is 1.19. The summed E-state index contributed by atoms with van der Waals surface area (Å²) in [5.41, 5.74) is -1.93. The minimum atomic E-state index is -5.07. The van der Waals surface area contributed by atoms with Crippen LogP contribution in [0.2, 0.25) is 0 Å². The third-order valence-electron chi connectivity index (χ3n) is 1.84. The van der Waals surface area contributed by atoms with E-state index in [1.165, 1.54) is 13.0 Å². The lowest BCUT2D eigenvalue weighted by Crippen LogP contribution is -2.18. The molecule has 92 valence electrons. The van der Waals surface area contributed by atoms with E-state index in [2.05, 4.69) is 9.72 Å². The summed E-state index contributed by atoms with van der Waals surface area (Å²) in [6, 6.07) is 1.26. The maximum atomic E-state index is 12.6. The van der Waals surface area contributed by atoms with Gasteiger partial charge in [-0.05, 0) is 6.92 Å². The van der Waals surface area contributed by atoms with Gasteiger partial charge in [0.2, 0.25) is 0 Å². The molecule has 8 heteroatoms. The van der Waals surface area contributed by atoms with Crippen LogP contribution >= 0.6 is 0 Å². The van der Waals surface area contributed by atoms with Crippen LogP contribution in [-0.4, -0.2) is 11.3 Å². The van der Waals surface area contributed by atoms with E-state index in [1.807, 2.05) is 0 Å². The van der Waals surface area contributed by atoms with Crippen molar-refractivity contribution in [2.75, 3.05) is 0 Å². The molecule has 1 aromatic rings. The van der Waals surface area contributed by atoms with Gasteiger partial charge in [0.05, 0.1) is 11.8 Å². The number of alkyl halides is 5. The number of aromatic nitrogens is 1. The lowest BCUT2D eigenvalue weighted by atomic mass is 10.1. The summed E-state index contributed by atoms with van der Waals surface area (Å²) >= 11 is 0. The minimum Gasteiger partial charge on any atom is -0.403 e. The first-order valence-electron chi connectivity index (χ1n) is 4.19. The van der Waals surface area contributed by atoms with E-state index in [0.29, 0.717) is 6.20 Å². The highest BCUT2D eigenvalue weighted by atomic mass is 19.4. The predicted molar refractivity (Wildman–Crippen MR) is 45.3 cm³/mol. The first-order valence-corrected chi connectivity index (χ1v) is 4.19. The van der Waals surface area contributed by atoms with Crippen LogP contribution in [0.3, 0.4) is 0 Å². The SMILES string of the molecule is Cc1ncc(OC(F)(F)F)c(C#N)c1C(F)F. The molecule has 0 aromatic carbocycles. The van der Waals surface area contributed by atoms with Gasteiger partial charge in [0.1, 0.15) is 11.6 Å². The summed E-state index contributed by atoms with van der Waals surface area (Å²) in [7, 11) is 0. The molecule has 0 N–H and O–H groups in total. The van der Waals surface area contributed by atoms with E-state index < -0.39 is 29.7 Å². The number of hydrogen-bond acceptors (Lipinski definition) is 3. The molecular weight excluding hydrogens is 247 g/mol. The molecule has 0 spiro atoms. The number of ether oxygens (including phenoxy) is 1. The zero-order valence-electron chi connectivity index (χ0n) is 8.35. The van der Waals surface area contributed by atoms with Gasteiger partial charge in [-0.1, -0.05) is 0 Å². The van der Waals surface area contributed by atoms with E-state index in [1.54, 1.807) is 0 Å². The topological polar surface area (TPSA) is 45.9 Å². The molecule has 0 radical (unpaired) electrons. The molecule has 1 aromatic heterocycles. The number of nitrogens with zero attached hydrogens (tertiary/aromatic N) is 2. The third kappa shape index (κ3) is 3.03. The van der Waals surface area contributed by atoms with Crippen molar-refractivity contribution >= 4 is 0 Å². The van der Waals surface area contributed by atoms with Crippen molar-refractivity contribution in [1.29, 1.82) is 5.26 Å². The Morgan fingerprint density at radius 2 is 2.00 bits per heavy atom. The van der Waals surface area contributed by atoms with Crippen molar-refractivity contribution in [3.8, 4) is 11.8 Å². The molecular formula is C9H5F5N2O. The summed E-state index contributed by atoms with van der Waals surface area (Å²) in [4.78, 5) is 3.34. The molecule has 0 saturated heterocycles. The van der Waals surface area contributed by atoms with Gasteiger partial charge in [0, 0.05) is 5.69 Å². The first-order chi connectivity index (χ1) is 7.76. The van der Waals surface area contributed by atoms with Crippen molar-refractivity contribution in [2.24, 2.45) is 0 Å². The maximum absolute atomic E-state index is 12.6. The van der Waals surface area contributed by atoms with Crippen LogP contribution in [0.1, 0.15) is 23.2 Å². The fourth-order valence-electron chi connectivity index (χ4n) is 1.19. The molecule has 0 aliphatic heterocycles. The third-order valence-corrected chi connectivity index (χ3v) is 1.84. The van der Waals surface area contributed by atoms with Gasteiger partial charge in [-0.25, -0.2) is 8.78 Å². The number of pyridine rings is 1. The number of aryl methyl sites for hydroxylation is 1. The van der Waals surface area contributed by atoms with Gasteiger partial charge in [0.25, 0.3) is 6.43 Å². The smallest absolute Gasteiger partial charge is 0.403 e. The summed E-state index contributed by atoms with van der Waals surface area (Å²) in [5.74, 6) is -1.03. The van der Waals surface area contributed by atoms with Crippen LogP contribution in [0.4, 0.5) is 22.0 Å². The molecule has 1 rings (SSSR count). The molecule has 0 aliphatic rings. The number of hydrogen-bond donors (Lipinski definition) is 0. The van der Waals surface area contributed by atoms with Gasteiger partial charge in [-0.2, -0.15) is 5.26 Å². The summed E-state index contributed by atoms with van der Waals surface area (Å²) in [6.07, 6.45) is -7.58. The molecule has 0 unspecified atom stereocenters. The van der Waals surface area contributed by atoms with Crippen LogP contribution < -0.4 is 4.74 Å². The Labute approximate surface area is 92.4 Å². The lowest BCUT2D eigenvalue weighted by Gasteiger charge is -2.13. The Kier molecular flexibility index (Phi) is 3.50. The maximum Gasteiger partial charge on any atom is 0.573 e. The normalized spacial score (nSPS) is 11.4. The molecule has 0 aliphatic carbocycles. The van der Waals surface area contributed by atoms with E-state index >= 15 is 0 Å². The Bertz CT molecular complexity index is 464. The Hall–Kier alpha value is -1.91. The summed E-state index contributed by atoms with van der Waals surface area (Å²) < 4.78 is 64.4. The molecule has 0 amide bonds. The summed E-state index contributed by atoms with van der Waals surface area (Å²) in [5, 5.41) is 8.61. The second kappa shape index (κ2) is 4.53. The van der Waals surface area contributed by atoms with Crippen LogP contribution in [0.25, 0.3) is 0 Å². The quantitative estimate of drug-likeness (QED) is 0.760. The zero-order chi connectivity index (χ0) is 13.2. The minimum absolute atomic E-state index is 0.217. The van der Waals surface area contributed by atoms with Gasteiger partial charge in [-0.15, -0.1) is 13.2 Å². The van der Waals surface area contributed by atoms with Crippen LogP contribution in [-0.2, 0) is 0 Å². The van der Waals surface area contributed by atoms with E-state index in [9.17, 15) is 22.0 Å². The summed E-state index contributed by atoms with van der Waals surface area (Å²) in [6.45, 7) is 1.17. The van der Waals surface area contributed by atoms with Crippen molar-refractivity contribution < 1.29 is 26.7 Å². The van der Waals surface area contributed by atoms with Gasteiger partial charge in [0.15, 0.2) is 5.75 Å². The second-order valence-electron chi connectivity index (χ2n) is 2.96. The van der Waals surface area contributed by atoms with Gasteiger partial charge in [-0.3, -0.25) is 4.98 Å². The molecule has 0 saturated carbocycles. The van der Waals surface area contributed by atoms with Crippen molar-refractivity contribution in [3.63, 3.8) is 0 Å². The zero-order valence-corrected chi connectivity index (χ0v) is 8.35. The van der Waals surface area contributed by atoms with Crippen molar-refractivity contribution in [1.82, 2.24) is 4.98 Å². The average molecular weight is 252 g/mol. The number of rotatable bonds is 2. The van der Waals surface area contributed by atoms with Crippen LogP contribution in [0, 0.1) is 18.3 Å². The van der Waals surface area contributed by atoms with Gasteiger partial charge >= 0.3 is 6.36 Å². The Morgan fingerprint density at radius 1 is 1.41 bits per heavy atom. The lowest BCUT2D eigenvalue weighted by molar-refractivity contribution is -0.274. The molecule has 0 atom stereocenters. The highest BCUT2D eigenvalue weighted by Crippen LogP contribution is 2.33. The van der Waals surface area contributed by atoms with E-state index in [-0.39, 0.29) is 5.69 Å². The van der Waals surface area contributed by atoms with Crippen LogP contribution in [0.15, 0.2) is 6.20 Å². The Morgan fingerprint density at radius 3 is 2.41 bits per heavy atom. The van der Waals surface area contributed by atoms with Crippen molar-refractivity contribution in [2.45, 2.75) is 19.7 Å². The number of halogens is 5. The monoisotopic (exact) mass is 252 g/mol. The van der Waals surface area contributed by atoms with E-state index in [4.69, 9.17) is 5.26 Å². The molecule has 0 bridgehead atoms. The molecule has 1 heterocycles. The molecule has 3 nitrogen and oxygen atoms in total. The Balaban J connectivity index is 3.35. The predicted octanol–water partition coefficient (Wildman–Crippen LogP) is 3.10. The molecule has 17 heavy (non-hydrogen) atoms. The fraction of sp³-hybridized carbons (Fsp3) is 0.333. The standard InChI is InChI=1S/C9H5F5N2O/c1-4-7(8(10)11)5(2-15)6(3-16-4)17-9(12,13)14/h3,8H,1H3. The largest absolute Gasteiger partial charge is 0.573 e. The van der Waals surface area contributed by atoms with Gasteiger partial charge < -0.3 is 4.74 Å². The average Bonchev–Trinajstić information content (AvgIpc) is 2.17. The highest BCUT2D eigenvalue weighted by molar-refractivity contribution is 5.49.